The summed E-state index contributed by atoms with van der Waals surface area (Å²) < 4.78 is 79.9. The maximum absolute atomic E-state index is 14.0. The fourth-order valence-corrected chi connectivity index (χ4v) is 4.31. The molecular weight excluding hydrogens is 578 g/mol. The van der Waals surface area contributed by atoms with Crippen LogP contribution in [0.5, 0.6) is 0 Å². The quantitative estimate of drug-likeness (QED) is 0.312. The molecule has 12 heteroatoms. The molecule has 0 saturated carbocycles. The van der Waals surface area contributed by atoms with Crippen LogP contribution in [0.15, 0.2) is 53.3 Å². The number of carbonyl (C=O) groups is 2. The molecule has 0 fully saturated rings. The molecule has 3 aromatic rings. The molecule has 186 valence electrons. The van der Waals surface area contributed by atoms with Crippen LogP contribution in [-0.2, 0) is 6.18 Å². The van der Waals surface area contributed by atoms with Gasteiger partial charge in [-0.05, 0) is 76.1 Å². The summed E-state index contributed by atoms with van der Waals surface area (Å²) in [5.41, 5.74) is -1.81. The van der Waals surface area contributed by atoms with Crippen molar-refractivity contribution in [2.45, 2.75) is 12.2 Å². The summed E-state index contributed by atoms with van der Waals surface area (Å²) in [5.74, 6) is -3.74. The third-order valence-electron chi connectivity index (χ3n) is 5.29. The van der Waals surface area contributed by atoms with Gasteiger partial charge in [0.25, 0.3) is 11.8 Å². The number of alkyl halides is 3. The van der Waals surface area contributed by atoms with Crippen molar-refractivity contribution in [1.29, 1.82) is 0 Å². The van der Waals surface area contributed by atoms with Gasteiger partial charge >= 0.3 is 6.18 Å². The standard InChI is InChI=1S/C24H12BrClF6N2O2/c25-19(29)5-10-3-16-20(21(34-23(16)36)15-9-13(27)1-2-17(15)26)18(4-10)33-22(35)11-6-12(24(30,31)32)8-14(28)7-11/h1-9,21H,(H,33,35)(H,34,36). The van der Waals surface area contributed by atoms with Crippen molar-refractivity contribution >= 4 is 51.1 Å². The van der Waals surface area contributed by atoms with Gasteiger partial charge < -0.3 is 10.6 Å². The van der Waals surface area contributed by atoms with Crippen molar-refractivity contribution in [1.82, 2.24) is 5.32 Å². The van der Waals surface area contributed by atoms with Crippen molar-refractivity contribution in [2.75, 3.05) is 5.32 Å². The summed E-state index contributed by atoms with van der Waals surface area (Å²) in [6.45, 7) is 0. The maximum atomic E-state index is 14.0. The highest BCUT2D eigenvalue weighted by Gasteiger charge is 2.35. The molecule has 0 aliphatic carbocycles. The molecule has 2 amide bonds. The second-order valence-corrected chi connectivity index (χ2v) is 8.88. The lowest BCUT2D eigenvalue weighted by Crippen LogP contribution is -2.21. The van der Waals surface area contributed by atoms with Crippen molar-refractivity contribution in [2.24, 2.45) is 0 Å². The van der Waals surface area contributed by atoms with E-state index in [0.29, 0.717) is 12.1 Å². The van der Waals surface area contributed by atoms with E-state index in [1.54, 1.807) is 0 Å². The number of hydrogen-bond donors (Lipinski definition) is 2. The monoisotopic (exact) mass is 588 g/mol. The number of rotatable bonds is 4. The molecule has 2 N–H and O–H groups in total. The molecule has 3 aromatic carbocycles. The van der Waals surface area contributed by atoms with Crippen molar-refractivity contribution in [3.8, 4) is 0 Å². The summed E-state index contributed by atoms with van der Waals surface area (Å²) in [7, 11) is 0. The molecule has 1 aliphatic rings. The normalized spacial score (nSPS) is 15.5. The average Bonchev–Trinajstić information content (AvgIpc) is 3.10. The highest BCUT2D eigenvalue weighted by Crippen LogP contribution is 2.41. The first-order valence-electron chi connectivity index (χ1n) is 9.99. The van der Waals surface area contributed by atoms with E-state index in [0.717, 1.165) is 18.2 Å². The van der Waals surface area contributed by atoms with Crippen LogP contribution in [0, 0.1) is 11.6 Å². The van der Waals surface area contributed by atoms with Gasteiger partial charge in [-0.25, -0.2) is 8.78 Å². The molecule has 1 atom stereocenters. The van der Waals surface area contributed by atoms with Gasteiger partial charge in [0, 0.05) is 33.0 Å². The second-order valence-electron chi connectivity index (χ2n) is 7.72. The summed E-state index contributed by atoms with van der Waals surface area (Å²) in [6.07, 6.45) is -3.93. The van der Waals surface area contributed by atoms with Gasteiger partial charge in [-0.1, -0.05) is 11.6 Å². The Kier molecular flexibility index (Phi) is 6.89. The molecule has 0 bridgehead atoms. The van der Waals surface area contributed by atoms with E-state index >= 15 is 0 Å². The van der Waals surface area contributed by atoms with Gasteiger partial charge in [0.2, 0.25) is 0 Å². The topological polar surface area (TPSA) is 58.2 Å². The molecule has 0 saturated heterocycles. The minimum absolute atomic E-state index is 0.0200. The molecule has 4 rings (SSSR count). The number of halogens is 8. The minimum Gasteiger partial charge on any atom is -0.341 e. The number of fused-ring (bicyclic) bond motifs is 1. The minimum atomic E-state index is -4.91. The number of amides is 2. The average molecular weight is 590 g/mol. The predicted molar refractivity (Wildman–Crippen MR) is 125 cm³/mol. The molecule has 0 aromatic heterocycles. The fraction of sp³-hybridized carbons (Fsp3) is 0.0833. The Bertz CT molecular complexity index is 1440. The third-order valence-corrected chi connectivity index (χ3v) is 5.86. The molecule has 4 nitrogen and oxygen atoms in total. The van der Waals surface area contributed by atoms with Crippen LogP contribution in [0.4, 0.5) is 32.0 Å². The molecule has 0 radical (unpaired) electrons. The Morgan fingerprint density at radius 1 is 1.06 bits per heavy atom. The van der Waals surface area contributed by atoms with Crippen LogP contribution in [-0.4, -0.2) is 11.8 Å². The van der Waals surface area contributed by atoms with Gasteiger partial charge in [-0.15, -0.1) is 0 Å². The zero-order chi connectivity index (χ0) is 26.4. The lowest BCUT2D eigenvalue weighted by molar-refractivity contribution is -0.137. The van der Waals surface area contributed by atoms with Crippen LogP contribution in [0.2, 0.25) is 5.02 Å². The third kappa shape index (κ3) is 5.26. The Labute approximate surface area is 213 Å². The van der Waals surface area contributed by atoms with E-state index in [1.165, 1.54) is 18.2 Å². The van der Waals surface area contributed by atoms with E-state index < -0.39 is 51.5 Å². The molecule has 1 aliphatic heterocycles. The highest BCUT2D eigenvalue weighted by molar-refractivity contribution is 9.11. The predicted octanol–water partition coefficient (Wildman–Crippen LogP) is 7.38. The van der Waals surface area contributed by atoms with Crippen LogP contribution in [0.1, 0.15) is 49.0 Å². The number of benzene rings is 3. The SMILES string of the molecule is O=C(Nc1cc(C=C(F)Br)cc2c1C(c1cc(F)ccc1Cl)NC2=O)c1cc(F)cc(C(F)(F)F)c1. The molecular formula is C24H12BrClF6N2O2. The molecule has 0 spiro atoms. The summed E-state index contributed by atoms with van der Waals surface area (Å²) in [4.78, 5) is 25.6. The van der Waals surface area contributed by atoms with Gasteiger partial charge in [0.05, 0.1) is 11.6 Å². The fourth-order valence-electron chi connectivity index (χ4n) is 3.82. The van der Waals surface area contributed by atoms with Gasteiger partial charge in [0.1, 0.15) is 11.6 Å². The number of nitrogens with one attached hydrogen (secondary N) is 2. The molecule has 1 unspecified atom stereocenters. The molecule has 36 heavy (non-hydrogen) atoms. The van der Waals surface area contributed by atoms with E-state index in [1.807, 2.05) is 0 Å². The first-order chi connectivity index (χ1) is 16.8. The van der Waals surface area contributed by atoms with Gasteiger partial charge in [0.15, 0.2) is 4.74 Å². The van der Waals surface area contributed by atoms with Crippen molar-refractivity contribution in [3.05, 3.63) is 103 Å². The molecule has 1 heterocycles. The van der Waals surface area contributed by atoms with Crippen LogP contribution in [0.3, 0.4) is 0 Å². The van der Waals surface area contributed by atoms with E-state index in [4.69, 9.17) is 11.6 Å². The Hall–Kier alpha value is -3.31. The number of carbonyl (C=O) groups excluding carboxylic acids is 2. The smallest absolute Gasteiger partial charge is 0.341 e. The van der Waals surface area contributed by atoms with Gasteiger partial charge in [-0.2, -0.15) is 17.6 Å². The zero-order valence-corrected chi connectivity index (χ0v) is 20.0. The lowest BCUT2D eigenvalue weighted by atomic mass is 9.94. The van der Waals surface area contributed by atoms with Crippen LogP contribution >= 0.6 is 27.5 Å². The van der Waals surface area contributed by atoms with E-state index in [9.17, 15) is 35.9 Å². The first kappa shape index (κ1) is 25.8. The maximum Gasteiger partial charge on any atom is 0.416 e. The lowest BCUT2D eigenvalue weighted by Gasteiger charge is -2.19. The van der Waals surface area contributed by atoms with Crippen molar-refractivity contribution in [3.63, 3.8) is 0 Å². The van der Waals surface area contributed by atoms with E-state index in [-0.39, 0.29) is 39.0 Å². The Morgan fingerprint density at radius 2 is 1.78 bits per heavy atom. The first-order valence-corrected chi connectivity index (χ1v) is 11.2. The number of hydrogen-bond acceptors (Lipinski definition) is 2. The van der Waals surface area contributed by atoms with Crippen LogP contribution in [0.25, 0.3) is 6.08 Å². The van der Waals surface area contributed by atoms with Gasteiger partial charge in [-0.3, -0.25) is 9.59 Å². The Morgan fingerprint density at radius 3 is 2.44 bits per heavy atom. The highest BCUT2D eigenvalue weighted by atomic mass is 79.9. The van der Waals surface area contributed by atoms with E-state index in [2.05, 4.69) is 26.6 Å². The summed E-state index contributed by atoms with van der Waals surface area (Å²) in [6, 6.07) is 6.24. The number of anilines is 1. The zero-order valence-electron chi connectivity index (χ0n) is 17.6. The van der Waals surface area contributed by atoms with Crippen molar-refractivity contribution < 1.29 is 35.9 Å². The summed E-state index contributed by atoms with van der Waals surface area (Å²) >= 11 is 8.82. The largest absolute Gasteiger partial charge is 0.416 e. The second kappa shape index (κ2) is 9.62. The Balaban J connectivity index is 1.85. The summed E-state index contributed by atoms with van der Waals surface area (Å²) in [5, 5.41) is 5.05. The van der Waals surface area contributed by atoms with Crippen LogP contribution < -0.4 is 10.6 Å².